The lowest BCUT2D eigenvalue weighted by atomic mass is 9.93. The summed E-state index contributed by atoms with van der Waals surface area (Å²) >= 11 is 0. The van der Waals surface area contributed by atoms with Crippen LogP contribution < -0.4 is 16.3 Å². The van der Waals surface area contributed by atoms with Gasteiger partial charge in [0.1, 0.15) is 6.33 Å². The fraction of sp³-hybridized carbons (Fsp3) is 0.368. The van der Waals surface area contributed by atoms with Crippen molar-refractivity contribution in [1.82, 2.24) is 29.4 Å². The number of rotatable bonds is 4. The number of nitrogens with zero attached hydrogens (tertiary/aromatic N) is 5. The Morgan fingerprint density at radius 2 is 2.04 bits per heavy atom. The van der Waals surface area contributed by atoms with E-state index < -0.39 is 0 Å². The molecule has 0 saturated carbocycles. The molecule has 3 aromatic rings. The van der Waals surface area contributed by atoms with Gasteiger partial charge in [-0.15, -0.1) is 0 Å². The van der Waals surface area contributed by atoms with Crippen LogP contribution in [-0.2, 0) is 20.0 Å². The van der Waals surface area contributed by atoms with Gasteiger partial charge in [-0.05, 0) is 50.5 Å². The van der Waals surface area contributed by atoms with Crippen LogP contribution in [-0.4, -0.2) is 30.2 Å². The molecule has 2 aromatic heterocycles. The van der Waals surface area contributed by atoms with Gasteiger partial charge in [-0.1, -0.05) is 0 Å². The molecule has 2 N–H and O–H groups in total. The number of anilines is 1. The number of fused-ring (bicyclic) bond motifs is 1. The van der Waals surface area contributed by atoms with E-state index in [1.54, 1.807) is 31.3 Å². The molecule has 0 saturated heterocycles. The molecule has 0 bridgehead atoms. The van der Waals surface area contributed by atoms with Crippen molar-refractivity contribution < 1.29 is 4.79 Å². The Morgan fingerprint density at radius 1 is 1.25 bits per heavy atom. The van der Waals surface area contributed by atoms with Gasteiger partial charge in [-0.25, -0.2) is 9.59 Å². The van der Waals surface area contributed by atoms with Crippen LogP contribution in [0.15, 0.2) is 41.6 Å². The number of carbonyl (C=O) groups excluding carboxylic acids is 1. The van der Waals surface area contributed by atoms with Gasteiger partial charge in [-0.3, -0.25) is 9.25 Å². The molecule has 9 heteroatoms. The molecule has 1 aliphatic rings. The van der Waals surface area contributed by atoms with Crippen LogP contribution in [0.1, 0.15) is 37.1 Å². The van der Waals surface area contributed by atoms with Crippen molar-refractivity contribution in [2.45, 2.75) is 38.8 Å². The van der Waals surface area contributed by atoms with E-state index in [2.05, 4.69) is 27.8 Å². The summed E-state index contributed by atoms with van der Waals surface area (Å²) in [6.45, 7) is 2.90. The fourth-order valence-corrected chi connectivity index (χ4v) is 3.61. The zero-order valence-electron chi connectivity index (χ0n) is 15.9. The number of carbonyl (C=O) groups is 1. The highest BCUT2D eigenvalue weighted by Gasteiger charge is 2.25. The van der Waals surface area contributed by atoms with E-state index in [0.29, 0.717) is 11.4 Å². The van der Waals surface area contributed by atoms with Gasteiger partial charge in [0.25, 0.3) is 0 Å². The highest BCUT2D eigenvalue weighted by molar-refractivity contribution is 5.89. The summed E-state index contributed by atoms with van der Waals surface area (Å²) in [4.78, 5) is 24.4. The summed E-state index contributed by atoms with van der Waals surface area (Å²) in [7, 11) is 1.65. The summed E-state index contributed by atoms with van der Waals surface area (Å²) in [5, 5.41) is 14.4. The smallest absolute Gasteiger partial charge is 0.331 e. The fourth-order valence-electron chi connectivity index (χ4n) is 3.61. The third-order valence-electron chi connectivity index (χ3n) is 5.06. The van der Waals surface area contributed by atoms with Crippen molar-refractivity contribution >= 4 is 11.7 Å². The van der Waals surface area contributed by atoms with Crippen LogP contribution in [0.3, 0.4) is 0 Å². The standard InChI is InChI=1S/C19H23N7O2/c1-3-25-17-6-4-5-16(15(17)11-20-25)23-18(27)22-13-7-9-14(10-8-13)26-19(28)24(2)12-21-26/h7-12,16H,3-6H2,1-2H3,(H2,22,23,27). The van der Waals surface area contributed by atoms with E-state index in [0.717, 1.165) is 31.4 Å². The Bertz CT molecular complexity index is 1050. The lowest BCUT2D eigenvalue weighted by Gasteiger charge is -2.24. The number of aryl methyl sites for hydroxylation is 2. The van der Waals surface area contributed by atoms with E-state index in [4.69, 9.17) is 0 Å². The topological polar surface area (TPSA) is 98.8 Å². The van der Waals surface area contributed by atoms with Gasteiger partial charge in [0.2, 0.25) is 0 Å². The molecule has 1 aliphatic carbocycles. The molecule has 0 spiro atoms. The zero-order chi connectivity index (χ0) is 19.7. The third-order valence-corrected chi connectivity index (χ3v) is 5.06. The highest BCUT2D eigenvalue weighted by atomic mass is 16.2. The van der Waals surface area contributed by atoms with Gasteiger partial charge in [0.05, 0.1) is 17.9 Å². The molecule has 0 radical (unpaired) electrons. The number of hydrogen-bond donors (Lipinski definition) is 2. The van der Waals surface area contributed by atoms with Crippen LogP contribution in [0.25, 0.3) is 5.69 Å². The first-order valence-corrected chi connectivity index (χ1v) is 9.40. The summed E-state index contributed by atoms with van der Waals surface area (Å²) in [6.07, 6.45) is 6.25. The van der Waals surface area contributed by atoms with Crippen LogP contribution in [0.2, 0.25) is 0 Å². The van der Waals surface area contributed by atoms with Gasteiger partial charge in [0.15, 0.2) is 0 Å². The molecular weight excluding hydrogens is 358 g/mol. The molecule has 9 nitrogen and oxygen atoms in total. The number of urea groups is 1. The second-order valence-corrected chi connectivity index (χ2v) is 6.89. The molecule has 0 aliphatic heterocycles. The maximum atomic E-state index is 12.5. The second kappa shape index (κ2) is 7.34. The Hall–Kier alpha value is -3.36. The molecule has 2 heterocycles. The van der Waals surface area contributed by atoms with E-state index in [1.165, 1.54) is 21.3 Å². The predicted molar refractivity (Wildman–Crippen MR) is 105 cm³/mol. The minimum atomic E-state index is -0.259. The average molecular weight is 381 g/mol. The lowest BCUT2D eigenvalue weighted by molar-refractivity contribution is 0.247. The first-order valence-electron chi connectivity index (χ1n) is 9.40. The average Bonchev–Trinajstić information content (AvgIpc) is 3.27. The quantitative estimate of drug-likeness (QED) is 0.722. The Kier molecular flexibility index (Phi) is 4.72. The van der Waals surface area contributed by atoms with Crippen LogP contribution in [0, 0.1) is 0 Å². The molecular formula is C19H23N7O2. The number of benzene rings is 1. The first-order chi connectivity index (χ1) is 13.6. The Balaban J connectivity index is 1.43. The molecule has 1 aromatic carbocycles. The number of amides is 2. The van der Waals surface area contributed by atoms with E-state index in [1.807, 2.05) is 10.9 Å². The summed E-state index contributed by atoms with van der Waals surface area (Å²) in [5.41, 5.74) is 3.38. The van der Waals surface area contributed by atoms with Crippen molar-refractivity contribution in [3.63, 3.8) is 0 Å². The normalized spacial score (nSPS) is 15.9. The minimum absolute atomic E-state index is 0.0320. The summed E-state index contributed by atoms with van der Waals surface area (Å²) < 4.78 is 4.71. The van der Waals surface area contributed by atoms with Crippen LogP contribution >= 0.6 is 0 Å². The lowest BCUT2D eigenvalue weighted by Crippen LogP contribution is -2.34. The van der Waals surface area contributed by atoms with Crippen molar-refractivity contribution in [1.29, 1.82) is 0 Å². The van der Waals surface area contributed by atoms with E-state index in [9.17, 15) is 9.59 Å². The number of aromatic nitrogens is 5. The zero-order valence-corrected chi connectivity index (χ0v) is 15.9. The van der Waals surface area contributed by atoms with E-state index >= 15 is 0 Å². The summed E-state index contributed by atoms with van der Waals surface area (Å²) in [5.74, 6) is 0. The number of nitrogens with one attached hydrogen (secondary N) is 2. The third kappa shape index (κ3) is 3.30. The van der Waals surface area contributed by atoms with Crippen molar-refractivity contribution in [3.8, 4) is 5.69 Å². The monoisotopic (exact) mass is 381 g/mol. The van der Waals surface area contributed by atoms with Crippen LogP contribution in [0.5, 0.6) is 0 Å². The maximum Gasteiger partial charge on any atom is 0.350 e. The van der Waals surface area contributed by atoms with Crippen LogP contribution in [0.4, 0.5) is 10.5 Å². The van der Waals surface area contributed by atoms with Gasteiger partial charge >= 0.3 is 11.7 Å². The highest BCUT2D eigenvalue weighted by Crippen LogP contribution is 2.29. The van der Waals surface area contributed by atoms with Crippen molar-refractivity contribution in [3.05, 3.63) is 58.5 Å². The second-order valence-electron chi connectivity index (χ2n) is 6.89. The molecule has 0 fully saturated rings. The van der Waals surface area contributed by atoms with E-state index in [-0.39, 0.29) is 17.8 Å². The molecule has 2 amide bonds. The molecule has 146 valence electrons. The Morgan fingerprint density at radius 3 is 2.71 bits per heavy atom. The van der Waals surface area contributed by atoms with Gasteiger partial charge in [0, 0.05) is 30.5 Å². The van der Waals surface area contributed by atoms with Gasteiger partial charge in [-0.2, -0.15) is 14.9 Å². The van der Waals surface area contributed by atoms with Crippen molar-refractivity contribution in [2.75, 3.05) is 5.32 Å². The SMILES string of the molecule is CCn1ncc2c1CCCC2NC(=O)Nc1ccc(-n2ncn(C)c2=O)cc1. The summed E-state index contributed by atoms with van der Waals surface area (Å²) in [6, 6.07) is 6.69. The molecule has 4 rings (SSSR count). The first kappa shape index (κ1) is 18.0. The molecule has 1 unspecified atom stereocenters. The maximum absolute atomic E-state index is 12.5. The predicted octanol–water partition coefficient (Wildman–Crippen LogP) is 1.99. The van der Waals surface area contributed by atoms with Crippen molar-refractivity contribution in [2.24, 2.45) is 7.05 Å². The Labute approximate surface area is 162 Å². The largest absolute Gasteiger partial charge is 0.350 e. The molecule has 1 atom stereocenters. The number of hydrogen-bond acceptors (Lipinski definition) is 4. The van der Waals surface area contributed by atoms with Gasteiger partial charge < -0.3 is 10.6 Å². The minimum Gasteiger partial charge on any atom is -0.331 e. The molecule has 28 heavy (non-hydrogen) atoms.